The number of aryl methyl sites for hydroxylation is 1. The molecule has 1 aliphatic rings. The number of ether oxygens (including phenoxy) is 1. The van der Waals surface area contributed by atoms with Crippen molar-refractivity contribution in [3.63, 3.8) is 0 Å². The fraction of sp³-hybridized carbons (Fsp3) is 0.571. The second kappa shape index (κ2) is 7.69. The summed E-state index contributed by atoms with van der Waals surface area (Å²) in [5.74, 6) is 0. The number of nitrogens with one attached hydrogen (secondary N) is 2. The number of rotatable bonds is 6. The van der Waals surface area contributed by atoms with Crippen LogP contribution in [0, 0.1) is 6.92 Å². The van der Waals surface area contributed by atoms with Crippen molar-refractivity contribution in [2.45, 2.75) is 30.8 Å². The molecule has 7 heteroatoms. The minimum Gasteiger partial charge on any atom is -0.377 e. The summed E-state index contributed by atoms with van der Waals surface area (Å²) < 4.78 is 33.5. The minimum atomic E-state index is -3.47. The first-order valence-corrected chi connectivity index (χ1v) is 9.35. The third-order valence-electron chi connectivity index (χ3n) is 3.47. The lowest BCUT2D eigenvalue weighted by molar-refractivity contribution is 0.0367. The second-order valence-electron chi connectivity index (χ2n) is 5.13. The van der Waals surface area contributed by atoms with Crippen LogP contribution >= 0.6 is 15.9 Å². The standard InChI is InChI=1S/C14H21BrN2O3S/c1-11-10-13(2-3-14(11)15)21(18,19)17-8-9-20-12-4-6-16-7-5-12/h2-3,10,12,16-17H,4-9H2,1H3. The molecule has 1 saturated heterocycles. The van der Waals surface area contributed by atoms with Crippen molar-refractivity contribution in [2.24, 2.45) is 0 Å². The summed E-state index contributed by atoms with van der Waals surface area (Å²) >= 11 is 3.36. The molecule has 1 aromatic rings. The lowest BCUT2D eigenvalue weighted by atomic mass is 10.1. The molecule has 5 nitrogen and oxygen atoms in total. The van der Waals surface area contributed by atoms with Gasteiger partial charge in [-0.3, -0.25) is 0 Å². The van der Waals surface area contributed by atoms with E-state index in [1.807, 2.05) is 6.92 Å². The van der Waals surface area contributed by atoms with E-state index < -0.39 is 10.0 Å². The Morgan fingerprint density at radius 1 is 1.38 bits per heavy atom. The Morgan fingerprint density at radius 2 is 2.10 bits per heavy atom. The van der Waals surface area contributed by atoms with E-state index in [1.54, 1.807) is 18.2 Å². The molecular weight excluding hydrogens is 356 g/mol. The van der Waals surface area contributed by atoms with E-state index in [1.165, 1.54) is 0 Å². The van der Waals surface area contributed by atoms with Crippen LogP contribution in [-0.2, 0) is 14.8 Å². The van der Waals surface area contributed by atoms with E-state index in [-0.39, 0.29) is 11.0 Å². The van der Waals surface area contributed by atoms with E-state index in [2.05, 4.69) is 26.0 Å². The molecule has 0 radical (unpaired) electrons. The van der Waals surface area contributed by atoms with Gasteiger partial charge in [0, 0.05) is 11.0 Å². The summed E-state index contributed by atoms with van der Waals surface area (Å²) in [5.41, 5.74) is 0.892. The molecule has 1 fully saturated rings. The Bertz CT molecular complexity index is 572. The summed E-state index contributed by atoms with van der Waals surface area (Å²) in [5, 5.41) is 3.27. The predicted molar refractivity (Wildman–Crippen MR) is 85.9 cm³/mol. The molecule has 2 N–H and O–H groups in total. The van der Waals surface area contributed by atoms with Crippen LogP contribution in [0.3, 0.4) is 0 Å². The van der Waals surface area contributed by atoms with E-state index in [0.29, 0.717) is 13.2 Å². The van der Waals surface area contributed by atoms with Gasteiger partial charge >= 0.3 is 0 Å². The fourth-order valence-corrected chi connectivity index (χ4v) is 3.58. The van der Waals surface area contributed by atoms with E-state index in [9.17, 15) is 8.42 Å². The first-order chi connectivity index (χ1) is 9.99. The highest BCUT2D eigenvalue weighted by molar-refractivity contribution is 9.10. The number of hydrogen-bond donors (Lipinski definition) is 2. The Balaban J connectivity index is 1.82. The lowest BCUT2D eigenvalue weighted by Crippen LogP contribution is -2.34. The fourth-order valence-electron chi connectivity index (χ4n) is 2.23. The normalized spacial score (nSPS) is 17.0. The minimum absolute atomic E-state index is 0.241. The van der Waals surface area contributed by atoms with Gasteiger partial charge in [0.05, 0.1) is 17.6 Å². The smallest absolute Gasteiger partial charge is 0.240 e. The number of sulfonamides is 1. The first kappa shape index (κ1) is 16.9. The largest absolute Gasteiger partial charge is 0.377 e. The quantitative estimate of drug-likeness (QED) is 0.742. The number of hydrogen-bond acceptors (Lipinski definition) is 4. The average Bonchev–Trinajstić information content (AvgIpc) is 2.47. The van der Waals surface area contributed by atoms with Gasteiger partial charge in [0.15, 0.2) is 0 Å². The molecule has 2 rings (SSSR count). The first-order valence-electron chi connectivity index (χ1n) is 7.07. The van der Waals surface area contributed by atoms with Crippen LogP contribution in [0.5, 0.6) is 0 Å². The summed E-state index contributed by atoms with van der Waals surface area (Å²) in [6.07, 6.45) is 2.21. The predicted octanol–water partition coefficient (Wildman–Crippen LogP) is 1.80. The summed E-state index contributed by atoms with van der Waals surface area (Å²) in [7, 11) is -3.47. The SMILES string of the molecule is Cc1cc(S(=O)(=O)NCCOC2CCNCC2)ccc1Br. The second-order valence-corrected chi connectivity index (χ2v) is 7.75. The van der Waals surface area contributed by atoms with Crippen LogP contribution in [0.25, 0.3) is 0 Å². The Hall–Kier alpha value is -0.470. The molecule has 1 aromatic carbocycles. The molecular formula is C14H21BrN2O3S. The molecule has 0 atom stereocenters. The highest BCUT2D eigenvalue weighted by Gasteiger charge is 2.16. The molecule has 0 amide bonds. The summed E-state index contributed by atoms with van der Waals surface area (Å²) in [4.78, 5) is 0.282. The average molecular weight is 377 g/mol. The van der Waals surface area contributed by atoms with Gasteiger partial charge in [-0.2, -0.15) is 0 Å². The van der Waals surface area contributed by atoms with Gasteiger partial charge in [0.1, 0.15) is 0 Å². The Morgan fingerprint density at radius 3 is 2.76 bits per heavy atom. The molecule has 1 heterocycles. The number of piperidine rings is 1. The Labute approximate surface area is 134 Å². The zero-order valence-electron chi connectivity index (χ0n) is 12.1. The van der Waals surface area contributed by atoms with Crippen molar-refractivity contribution >= 4 is 26.0 Å². The third kappa shape index (κ3) is 5.03. The maximum absolute atomic E-state index is 12.2. The van der Waals surface area contributed by atoms with Gasteiger partial charge in [-0.1, -0.05) is 15.9 Å². The Kier molecular flexibility index (Phi) is 6.19. The maximum Gasteiger partial charge on any atom is 0.240 e. The maximum atomic E-state index is 12.2. The van der Waals surface area contributed by atoms with Crippen molar-refractivity contribution in [3.05, 3.63) is 28.2 Å². The topological polar surface area (TPSA) is 67.4 Å². The monoisotopic (exact) mass is 376 g/mol. The van der Waals surface area contributed by atoms with Crippen LogP contribution in [0.4, 0.5) is 0 Å². The molecule has 0 bridgehead atoms. The van der Waals surface area contributed by atoms with Crippen LogP contribution in [0.1, 0.15) is 18.4 Å². The highest BCUT2D eigenvalue weighted by Crippen LogP contribution is 2.19. The summed E-state index contributed by atoms with van der Waals surface area (Å²) in [6.45, 7) is 4.49. The molecule has 0 aromatic heterocycles. The van der Waals surface area contributed by atoms with E-state index in [0.717, 1.165) is 36.0 Å². The van der Waals surface area contributed by atoms with Gasteiger partial charge in [-0.25, -0.2) is 13.1 Å². The van der Waals surface area contributed by atoms with Crippen LogP contribution in [0.15, 0.2) is 27.6 Å². The zero-order chi connectivity index (χ0) is 15.3. The third-order valence-corrected chi connectivity index (χ3v) is 5.82. The van der Waals surface area contributed by atoms with E-state index >= 15 is 0 Å². The molecule has 1 aliphatic heterocycles. The van der Waals surface area contributed by atoms with Crippen molar-refractivity contribution in [1.29, 1.82) is 0 Å². The molecule has 0 aliphatic carbocycles. The lowest BCUT2D eigenvalue weighted by Gasteiger charge is -2.22. The van der Waals surface area contributed by atoms with E-state index in [4.69, 9.17) is 4.74 Å². The van der Waals surface area contributed by atoms with Gasteiger partial charge in [0.25, 0.3) is 0 Å². The molecule has 0 unspecified atom stereocenters. The van der Waals surface area contributed by atoms with Gasteiger partial charge in [-0.15, -0.1) is 0 Å². The number of benzene rings is 1. The molecule has 0 spiro atoms. The van der Waals surface area contributed by atoms with Crippen LogP contribution in [-0.4, -0.2) is 40.8 Å². The number of halogens is 1. The zero-order valence-corrected chi connectivity index (χ0v) is 14.5. The van der Waals surface area contributed by atoms with Gasteiger partial charge in [-0.05, 0) is 56.6 Å². The molecule has 118 valence electrons. The van der Waals surface area contributed by atoms with Crippen molar-refractivity contribution in [3.8, 4) is 0 Å². The summed E-state index contributed by atoms with van der Waals surface area (Å²) in [6, 6.07) is 4.99. The molecule has 21 heavy (non-hydrogen) atoms. The van der Waals surface area contributed by atoms with Gasteiger partial charge < -0.3 is 10.1 Å². The van der Waals surface area contributed by atoms with Crippen molar-refractivity contribution < 1.29 is 13.2 Å². The molecule has 0 saturated carbocycles. The van der Waals surface area contributed by atoms with Crippen LogP contribution in [0.2, 0.25) is 0 Å². The van der Waals surface area contributed by atoms with Crippen molar-refractivity contribution in [1.82, 2.24) is 10.0 Å². The van der Waals surface area contributed by atoms with Crippen LogP contribution < -0.4 is 10.0 Å². The van der Waals surface area contributed by atoms with Crippen molar-refractivity contribution in [2.75, 3.05) is 26.2 Å². The van der Waals surface area contributed by atoms with Gasteiger partial charge in [0.2, 0.25) is 10.0 Å². The highest BCUT2D eigenvalue weighted by atomic mass is 79.9.